The summed E-state index contributed by atoms with van der Waals surface area (Å²) in [7, 11) is 0. The number of aliphatic hydroxyl groups excluding tert-OH is 1. The summed E-state index contributed by atoms with van der Waals surface area (Å²) in [5.74, 6) is -0.176. The predicted octanol–water partition coefficient (Wildman–Crippen LogP) is 3.22. The summed E-state index contributed by atoms with van der Waals surface area (Å²) < 4.78 is 5.28. The minimum Gasteiger partial charge on any atom is -0.460 e. The fraction of sp³-hybridized carbons (Fsp3) is 0.533. The van der Waals surface area contributed by atoms with Crippen molar-refractivity contribution in [1.82, 2.24) is 0 Å². The number of benzene rings is 1. The molecule has 0 fully saturated rings. The number of carbonyl (C=O) groups excluding carboxylic acids is 1. The van der Waals surface area contributed by atoms with Crippen molar-refractivity contribution in [1.29, 1.82) is 0 Å². The van der Waals surface area contributed by atoms with Crippen molar-refractivity contribution < 1.29 is 14.6 Å². The molecule has 0 bridgehead atoms. The highest BCUT2D eigenvalue weighted by molar-refractivity contribution is 5.75. The van der Waals surface area contributed by atoms with E-state index in [1.165, 1.54) is 0 Å². The van der Waals surface area contributed by atoms with Gasteiger partial charge in [-0.1, -0.05) is 31.2 Å². The molecule has 3 heteroatoms. The molecule has 1 aromatic rings. The van der Waals surface area contributed by atoms with Gasteiger partial charge in [0.15, 0.2) is 0 Å². The summed E-state index contributed by atoms with van der Waals surface area (Å²) in [6.07, 6.45) is 0.285. The average Bonchev–Trinajstić information content (AvgIpc) is 2.36. The van der Waals surface area contributed by atoms with E-state index >= 15 is 0 Å². The molecular formula is C15H22O3. The number of aliphatic hydroxyl groups is 1. The number of carbonyl (C=O) groups is 1. The maximum Gasteiger partial charge on any atom is 0.311 e. The van der Waals surface area contributed by atoms with E-state index in [2.05, 4.69) is 0 Å². The predicted molar refractivity (Wildman–Crippen MR) is 70.9 cm³/mol. The molecule has 1 rings (SSSR count). The van der Waals surface area contributed by atoms with Crippen molar-refractivity contribution in [3.63, 3.8) is 0 Å². The van der Waals surface area contributed by atoms with Crippen LogP contribution in [0.4, 0.5) is 0 Å². The van der Waals surface area contributed by atoms with E-state index in [0.29, 0.717) is 0 Å². The van der Waals surface area contributed by atoms with Crippen molar-refractivity contribution in [2.45, 2.75) is 46.8 Å². The van der Waals surface area contributed by atoms with Crippen LogP contribution in [0.25, 0.3) is 0 Å². The molecular weight excluding hydrogens is 228 g/mol. The van der Waals surface area contributed by atoms with Crippen LogP contribution < -0.4 is 0 Å². The van der Waals surface area contributed by atoms with Crippen molar-refractivity contribution in [3.8, 4) is 0 Å². The summed E-state index contributed by atoms with van der Waals surface area (Å²) in [5, 5.41) is 9.39. The Morgan fingerprint density at radius 1 is 1.33 bits per heavy atom. The molecule has 0 spiro atoms. The molecule has 0 aromatic heterocycles. The smallest absolute Gasteiger partial charge is 0.311 e. The van der Waals surface area contributed by atoms with Gasteiger partial charge in [-0.25, -0.2) is 0 Å². The van der Waals surface area contributed by atoms with Crippen LogP contribution in [0.2, 0.25) is 0 Å². The normalized spacial score (nSPS) is 13.2. The van der Waals surface area contributed by atoms with Gasteiger partial charge >= 0.3 is 5.97 Å². The maximum absolute atomic E-state index is 11.8. The van der Waals surface area contributed by atoms with E-state index in [1.807, 2.05) is 45.0 Å². The van der Waals surface area contributed by atoms with Crippen LogP contribution in [-0.2, 0) is 16.1 Å². The molecule has 3 nitrogen and oxygen atoms in total. The Labute approximate surface area is 109 Å². The molecule has 0 aliphatic rings. The van der Waals surface area contributed by atoms with Gasteiger partial charge < -0.3 is 9.84 Å². The summed E-state index contributed by atoms with van der Waals surface area (Å²) in [4.78, 5) is 11.8. The first-order valence-electron chi connectivity index (χ1n) is 6.31. The van der Waals surface area contributed by atoms with Gasteiger partial charge in [0.25, 0.3) is 0 Å². The van der Waals surface area contributed by atoms with Crippen LogP contribution in [0.1, 0.15) is 51.3 Å². The van der Waals surface area contributed by atoms with E-state index in [0.717, 1.165) is 17.5 Å². The first-order valence-corrected chi connectivity index (χ1v) is 6.31. The zero-order chi connectivity index (χ0) is 13.8. The largest absolute Gasteiger partial charge is 0.460 e. The van der Waals surface area contributed by atoms with Crippen molar-refractivity contribution in [2.75, 3.05) is 0 Å². The van der Waals surface area contributed by atoms with Crippen LogP contribution in [0.15, 0.2) is 24.3 Å². The molecule has 0 heterocycles. The zero-order valence-electron chi connectivity index (χ0n) is 11.6. The van der Waals surface area contributed by atoms with Crippen molar-refractivity contribution in [2.24, 2.45) is 5.41 Å². The van der Waals surface area contributed by atoms with Crippen LogP contribution in [0.5, 0.6) is 0 Å². The lowest BCUT2D eigenvalue weighted by atomic mass is 9.91. The summed E-state index contributed by atoms with van der Waals surface area (Å²) in [6.45, 7) is 7.73. The standard InChI is InChI=1S/C15H22O3/c1-5-15(3,4)14(17)18-10-12-6-8-13(9-7-12)11(2)16/h6-9,11,16H,5,10H2,1-4H3. The van der Waals surface area contributed by atoms with Gasteiger partial charge in [-0.15, -0.1) is 0 Å². The second-order valence-electron chi connectivity index (χ2n) is 5.23. The van der Waals surface area contributed by atoms with E-state index in [4.69, 9.17) is 4.74 Å². The third kappa shape index (κ3) is 3.84. The Hall–Kier alpha value is -1.35. The quantitative estimate of drug-likeness (QED) is 0.816. The van der Waals surface area contributed by atoms with Gasteiger partial charge in [0, 0.05) is 0 Å². The van der Waals surface area contributed by atoms with Gasteiger partial charge in [0.05, 0.1) is 11.5 Å². The van der Waals surface area contributed by atoms with Crippen molar-refractivity contribution >= 4 is 5.97 Å². The highest BCUT2D eigenvalue weighted by atomic mass is 16.5. The number of ether oxygens (including phenoxy) is 1. The monoisotopic (exact) mass is 250 g/mol. The third-order valence-electron chi connectivity index (χ3n) is 3.27. The minimum absolute atomic E-state index is 0.176. The number of esters is 1. The van der Waals surface area contributed by atoms with E-state index in [-0.39, 0.29) is 12.6 Å². The number of hydrogen-bond acceptors (Lipinski definition) is 3. The van der Waals surface area contributed by atoms with Gasteiger partial charge in [0.2, 0.25) is 0 Å². The summed E-state index contributed by atoms with van der Waals surface area (Å²) in [5.41, 5.74) is 1.36. The molecule has 0 saturated carbocycles. The van der Waals surface area contributed by atoms with E-state index in [1.54, 1.807) is 6.92 Å². The fourth-order valence-electron chi connectivity index (χ4n) is 1.38. The van der Waals surface area contributed by atoms with E-state index in [9.17, 15) is 9.90 Å². The molecule has 18 heavy (non-hydrogen) atoms. The molecule has 0 amide bonds. The summed E-state index contributed by atoms with van der Waals surface area (Å²) >= 11 is 0. The topological polar surface area (TPSA) is 46.5 Å². The van der Waals surface area contributed by atoms with Crippen LogP contribution in [-0.4, -0.2) is 11.1 Å². The van der Waals surface area contributed by atoms with Crippen LogP contribution >= 0.6 is 0 Å². The molecule has 1 N–H and O–H groups in total. The number of rotatable bonds is 5. The van der Waals surface area contributed by atoms with Gasteiger partial charge in [0.1, 0.15) is 6.61 Å². The zero-order valence-corrected chi connectivity index (χ0v) is 11.6. The fourth-order valence-corrected chi connectivity index (χ4v) is 1.38. The molecule has 0 saturated heterocycles. The second kappa shape index (κ2) is 6.01. The molecule has 100 valence electrons. The van der Waals surface area contributed by atoms with Gasteiger partial charge in [-0.05, 0) is 38.3 Å². The van der Waals surface area contributed by atoms with E-state index < -0.39 is 11.5 Å². The number of hydrogen-bond donors (Lipinski definition) is 1. The minimum atomic E-state index is -0.472. The van der Waals surface area contributed by atoms with Crippen LogP contribution in [0, 0.1) is 5.41 Å². The average molecular weight is 250 g/mol. The van der Waals surface area contributed by atoms with Crippen LogP contribution in [0.3, 0.4) is 0 Å². The Balaban J connectivity index is 2.57. The molecule has 1 unspecified atom stereocenters. The van der Waals surface area contributed by atoms with Gasteiger partial charge in [-0.2, -0.15) is 0 Å². The highest BCUT2D eigenvalue weighted by Gasteiger charge is 2.26. The highest BCUT2D eigenvalue weighted by Crippen LogP contribution is 2.22. The molecule has 0 aliphatic carbocycles. The molecule has 1 aromatic carbocycles. The van der Waals surface area contributed by atoms with Gasteiger partial charge in [-0.3, -0.25) is 4.79 Å². The lowest BCUT2D eigenvalue weighted by molar-refractivity contribution is -0.155. The summed E-state index contributed by atoms with van der Waals surface area (Å²) in [6, 6.07) is 7.43. The first-order chi connectivity index (χ1) is 8.36. The molecule has 1 atom stereocenters. The first kappa shape index (κ1) is 14.7. The lowest BCUT2D eigenvalue weighted by Gasteiger charge is -2.20. The van der Waals surface area contributed by atoms with Crippen molar-refractivity contribution in [3.05, 3.63) is 35.4 Å². The second-order valence-corrected chi connectivity index (χ2v) is 5.23. The Bertz CT molecular complexity index is 391. The SMILES string of the molecule is CCC(C)(C)C(=O)OCc1ccc(C(C)O)cc1. The Kier molecular flexibility index (Phi) is 4.91. The molecule has 0 radical (unpaired) electrons. The maximum atomic E-state index is 11.8. The Morgan fingerprint density at radius 2 is 1.89 bits per heavy atom. The Morgan fingerprint density at radius 3 is 2.33 bits per heavy atom. The third-order valence-corrected chi connectivity index (χ3v) is 3.27. The molecule has 0 aliphatic heterocycles. The lowest BCUT2D eigenvalue weighted by Crippen LogP contribution is -2.25.